The summed E-state index contributed by atoms with van der Waals surface area (Å²) in [5.41, 5.74) is 8.13. The maximum absolute atomic E-state index is 10.5. The van der Waals surface area contributed by atoms with Crippen LogP contribution >= 0.6 is 14.5 Å². The van der Waals surface area contributed by atoms with Gasteiger partial charge in [0.1, 0.15) is 69.9 Å². The lowest BCUT2D eigenvalue weighted by Crippen LogP contribution is -3.00. The van der Waals surface area contributed by atoms with Crippen LogP contribution in [0.3, 0.4) is 0 Å². The molecule has 11 rings (SSSR count). The minimum absolute atomic E-state index is 0. The molecule has 576 valence electrons. The number of benzene rings is 11. The van der Waals surface area contributed by atoms with Crippen LogP contribution in [0.5, 0.6) is 17.2 Å². The maximum atomic E-state index is 10.5. The minimum Gasteiger partial charge on any atom is -1.00 e. The van der Waals surface area contributed by atoms with Crippen LogP contribution in [0.1, 0.15) is 179 Å². The molecule has 0 aliphatic heterocycles. The van der Waals surface area contributed by atoms with Crippen molar-refractivity contribution in [3.63, 3.8) is 0 Å². The van der Waals surface area contributed by atoms with E-state index in [0.717, 1.165) is 94.2 Å². The molecule has 0 aromatic heterocycles. The number of unbranched alkanes of at least 4 members (excludes halogenated alkanes) is 18. The summed E-state index contributed by atoms with van der Waals surface area (Å²) in [4.78, 5) is 10.5. The molecule has 111 heavy (non-hydrogen) atoms. The number of aldehydes is 1. The zero-order valence-corrected chi connectivity index (χ0v) is 70.2. The van der Waals surface area contributed by atoms with Gasteiger partial charge in [-0.05, 0) is 212 Å². The number of carbonyl (C=O) groups is 1. The molecule has 11 aromatic carbocycles. The summed E-state index contributed by atoms with van der Waals surface area (Å²) in [7, 11) is -3.94. The molecule has 8 heteroatoms. The Morgan fingerprint density at radius 2 is 0.432 bits per heavy atom. The van der Waals surface area contributed by atoms with Gasteiger partial charge in [0.25, 0.3) is 0 Å². The third-order valence-corrected chi connectivity index (χ3v) is 28.7. The first-order chi connectivity index (χ1) is 53.9. The van der Waals surface area contributed by atoms with Crippen molar-refractivity contribution in [1.82, 2.24) is 0 Å². The van der Waals surface area contributed by atoms with E-state index in [2.05, 4.69) is 323 Å². The van der Waals surface area contributed by atoms with Crippen LogP contribution in [0.2, 0.25) is 0 Å². The van der Waals surface area contributed by atoms with E-state index in [1.54, 1.807) is 12.1 Å². The lowest BCUT2D eigenvalue weighted by molar-refractivity contribution is -0.001000. The van der Waals surface area contributed by atoms with Crippen LogP contribution in [-0.2, 0) is 12.3 Å². The average molecular weight is 1640 g/mol. The number of hydrogen-bond acceptors (Lipinski definition) is 4. The summed E-state index contributed by atoms with van der Waals surface area (Å²) in [6, 6.07) is 109. The molecule has 0 radical (unpaired) electrons. The number of halogens is 2. The Kier molecular flexibility index (Phi) is 42.6. The predicted molar refractivity (Wildman–Crippen MR) is 477 cm³/mol. The summed E-state index contributed by atoms with van der Waals surface area (Å²) in [6.45, 7) is 13.6. The molecule has 0 aliphatic rings. The molecule has 0 saturated carbocycles. The first-order valence-corrected chi connectivity index (χ1v) is 44.0. The van der Waals surface area contributed by atoms with Gasteiger partial charge in [0.2, 0.25) is 0 Å². The van der Waals surface area contributed by atoms with Crippen LogP contribution in [0.15, 0.2) is 341 Å². The van der Waals surface area contributed by atoms with Crippen molar-refractivity contribution in [3.8, 4) is 17.2 Å². The van der Waals surface area contributed by atoms with Gasteiger partial charge in [0.05, 0.1) is 32.1 Å². The Morgan fingerprint density at radius 3 is 0.649 bits per heavy atom. The molecule has 0 saturated heterocycles. The number of rotatable bonds is 45. The molecule has 4 nitrogen and oxygen atoms in total. The molecule has 0 amide bonds. The topological polar surface area (TPSA) is 44.8 Å². The molecule has 0 atom stereocenters. The molecular weight excluding hydrogens is 1520 g/mol. The fourth-order valence-electron chi connectivity index (χ4n) is 13.8. The van der Waals surface area contributed by atoms with E-state index in [9.17, 15) is 4.79 Å². The van der Waals surface area contributed by atoms with Gasteiger partial charge in [-0.1, -0.05) is 302 Å². The molecule has 0 fully saturated rings. The normalized spacial score (nSPS) is 11.0. The van der Waals surface area contributed by atoms with E-state index >= 15 is 0 Å². The highest BCUT2D eigenvalue weighted by molar-refractivity contribution is 7.95. The Balaban J connectivity index is 0.000000248. The average Bonchev–Trinajstić information content (AvgIpc) is 0.665. The van der Waals surface area contributed by atoms with Gasteiger partial charge in [-0.3, -0.25) is 4.79 Å². The van der Waals surface area contributed by atoms with Crippen molar-refractivity contribution in [3.05, 3.63) is 380 Å². The highest BCUT2D eigenvalue weighted by Crippen LogP contribution is 2.60. The van der Waals surface area contributed by atoms with Crippen LogP contribution in [0, 0.1) is 0 Å². The number of ether oxygens (including phenoxy) is 3. The van der Waals surface area contributed by atoms with Crippen molar-refractivity contribution in [2.75, 3.05) is 19.8 Å². The fraction of sp³-hybridized carbons (Fsp3) is 0.252. The van der Waals surface area contributed by atoms with E-state index in [4.69, 9.17) is 14.2 Å². The third kappa shape index (κ3) is 30.6. The van der Waals surface area contributed by atoms with Gasteiger partial charge < -0.3 is 48.2 Å². The zero-order chi connectivity index (χ0) is 75.8. The summed E-state index contributed by atoms with van der Waals surface area (Å²) in [5, 5.41) is 8.49. The van der Waals surface area contributed by atoms with Crippen molar-refractivity contribution in [2.24, 2.45) is 0 Å². The number of carbonyl (C=O) groups excluding carboxylic acids is 1. The second-order valence-corrected chi connectivity index (χ2v) is 35.0. The summed E-state index contributed by atoms with van der Waals surface area (Å²) in [6.07, 6.45) is 43.4. The second-order valence-electron chi connectivity index (χ2n) is 28.1. The Morgan fingerprint density at radius 1 is 0.234 bits per heavy atom. The molecule has 0 aliphatic carbocycles. The van der Waals surface area contributed by atoms with Crippen LogP contribution < -0.4 is 80.0 Å². The molecule has 11 aromatic rings. The van der Waals surface area contributed by atoms with E-state index < -0.39 is 14.5 Å². The largest absolute Gasteiger partial charge is 1.00 e. The van der Waals surface area contributed by atoms with E-state index in [-0.39, 0.29) is 34.0 Å². The van der Waals surface area contributed by atoms with Crippen molar-refractivity contribution in [2.45, 2.75) is 147 Å². The van der Waals surface area contributed by atoms with Crippen molar-refractivity contribution >= 4 is 76.9 Å². The number of allylic oxidation sites excluding steroid dienone is 3. The molecule has 0 bridgehead atoms. The van der Waals surface area contributed by atoms with Gasteiger partial charge in [0, 0.05) is 5.56 Å². The lowest BCUT2D eigenvalue weighted by atomic mass is 10.1. The van der Waals surface area contributed by atoms with Crippen molar-refractivity contribution < 1.29 is 53.0 Å². The van der Waals surface area contributed by atoms with Crippen LogP contribution in [0.25, 0.3) is 24.3 Å². The zero-order valence-electron chi connectivity index (χ0n) is 65.3. The SMILES string of the molecule is C=CCCCCCCCCOc1ccc(C=Cc2ccc(C=Cc3ccc(OCCCCCCCCC=C)cc3)cc2)cc1.C=CCCCCCCCCOc1ccc(C=O)cc1.[Br-].[Br-].c1ccc([P+](Cc2ccc(C[P+](c3ccccc3)(c3ccccc3)c3ccccc3)cc2)(c2ccccc2)c2ccccc2)cc1. The quantitative estimate of drug-likeness (QED) is 0.0125. The highest BCUT2D eigenvalue weighted by Gasteiger charge is 2.47. The summed E-state index contributed by atoms with van der Waals surface area (Å²) < 4.78 is 17.5. The predicted octanol–water partition coefficient (Wildman–Crippen LogP) is 20.1. The molecule has 0 unspecified atom stereocenters. The maximum Gasteiger partial charge on any atom is 0.150 e. The van der Waals surface area contributed by atoms with Gasteiger partial charge in [0.15, 0.2) is 0 Å². The molecule has 0 heterocycles. The van der Waals surface area contributed by atoms with E-state index in [1.807, 2.05) is 30.4 Å². The first kappa shape index (κ1) is 89.2. The van der Waals surface area contributed by atoms with E-state index in [1.165, 1.54) is 162 Å². The standard InChI is InChI=1S/C44H38P2.C42H54O2.C17H24O2.2BrH/c1-7-19-39(20-8-1)45(40-21-9-2-10-22-40,41-23-11-3-12-24-41)35-37-31-33-38(34-32-37)36-46(42-25-13-4-14-26-42,43-27-15-5-16-28-43)44-29-17-6-18-30-44;1-3-5-7-9-11-13-15-17-35-43-41-31-27-39(28-32-41)25-23-37-19-21-38(22-20-37)24-26-40-29-33-42(34-30-40)44-36-18-16-14-12-10-8-6-4-2;1-2-3-4-5-6-7-8-9-14-19-17-12-10-16(15-18)11-13-17;;/h1-34H,35-36H2;3-4,19-34H,1-2,5-18,35-36H2;2,10-13,15H,1,3-9,14H2;2*1H/q+2;;;;/p-2. The molecule has 0 spiro atoms. The Labute approximate surface area is 689 Å². The highest BCUT2D eigenvalue weighted by atomic mass is 79.9. The Hall–Kier alpha value is -8.99. The lowest BCUT2D eigenvalue weighted by Gasteiger charge is -2.29. The molecular formula is C103H116Br2O4P2. The van der Waals surface area contributed by atoms with E-state index in [0.29, 0.717) is 5.56 Å². The first-order valence-electron chi connectivity index (χ1n) is 40.0. The van der Waals surface area contributed by atoms with Gasteiger partial charge in [-0.2, -0.15) is 0 Å². The van der Waals surface area contributed by atoms with Gasteiger partial charge in [-0.25, -0.2) is 0 Å². The van der Waals surface area contributed by atoms with Crippen molar-refractivity contribution in [1.29, 1.82) is 0 Å². The van der Waals surface area contributed by atoms with Crippen LogP contribution in [0.4, 0.5) is 0 Å². The second kappa shape index (κ2) is 53.0. The minimum atomic E-state index is -1.97. The third-order valence-electron chi connectivity index (χ3n) is 19.9. The van der Waals surface area contributed by atoms with Gasteiger partial charge >= 0.3 is 0 Å². The summed E-state index contributed by atoms with van der Waals surface area (Å²) in [5.74, 6) is 2.74. The summed E-state index contributed by atoms with van der Waals surface area (Å²) >= 11 is 0. The van der Waals surface area contributed by atoms with Gasteiger partial charge in [-0.15, -0.1) is 19.7 Å². The Bertz CT molecular complexity index is 3890. The fourth-order valence-corrected chi connectivity index (χ4v) is 22.3. The smallest absolute Gasteiger partial charge is 0.150 e. The molecule has 0 N–H and O–H groups in total. The monoisotopic (exact) mass is 1640 g/mol. The van der Waals surface area contributed by atoms with Crippen LogP contribution in [-0.4, -0.2) is 26.1 Å². The number of hydrogen-bond donors (Lipinski definition) is 0.